The van der Waals surface area contributed by atoms with E-state index in [0.717, 1.165) is 17.7 Å². The summed E-state index contributed by atoms with van der Waals surface area (Å²) in [5.41, 5.74) is 9.05. The summed E-state index contributed by atoms with van der Waals surface area (Å²) in [6.07, 6.45) is 0.837. The number of hydrogen-bond acceptors (Lipinski definition) is 3. The van der Waals surface area contributed by atoms with E-state index >= 15 is 0 Å². The molecule has 0 bridgehead atoms. The van der Waals surface area contributed by atoms with Gasteiger partial charge in [-0.25, -0.2) is 0 Å². The quantitative estimate of drug-likeness (QED) is 0.653. The van der Waals surface area contributed by atoms with Crippen LogP contribution in [0.15, 0.2) is 36.4 Å². The second-order valence-corrected chi connectivity index (χ2v) is 5.60. The van der Waals surface area contributed by atoms with Gasteiger partial charge in [0.25, 0.3) is 0 Å². The van der Waals surface area contributed by atoms with Crippen molar-refractivity contribution in [1.82, 2.24) is 5.43 Å². The van der Waals surface area contributed by atoms with Gasteiger partial charge in [0.1, 0.15) is 5.75 Å². The standard InChI is InChI=1S/C18H24N2O/c1-12-5-7-14(3)15(9-12)11-17(20-19)16-8-6-13(2)10-18(16)21-4/h5-10,17,20H,11,19H2,1-4H3. The van der Waals surface area contributed by atoms with Crippen LogP contribution in [0.25, 0.3) is 0 Å². The van der Waals surface area contributed by atoms with Gasteiger partial charge in [0.15, 0.2) is 0 Å². The van der Waals surface area contributed by atoms with Gasteiger partial charge in [-0.1, -0.05) is 35.9 Å². The summed E-state index contributed by atoms with van der Waals surface area (Å²) >= 11 is 0. The van der Waals surface area contributed by atoms with Crippen molar-refractivity contribution in [1.29, 1.82) is 0 Å². The highest BCUT2D eigenvalue weighted by Crippen LogP contribution is 2.29. The minimum atomic E-state index is 0.0287. The number of hydrazine groups is 1. The second-order valence-electron chi connectivity index (χ2n) is 5.60. The molecule has 21 heavy (non-hydrogen) atoms. The highest BCUT2D eigenvalue weighted by molar-refractivity contribution is 5.41. The van der Waals surface area contributed by atoms with Crippen LogP contribution in [0, 0.1) is 20.8 Å². The van der Waals surface area contributed by atoms with Crippen molar-refractivity contribution in [2.75, 3.05) is 7.11 Å². The maximum absolute atomic E-state index is 5.80. The summed E-state index contributed by atoms with van der Waals surface area (Å²) in [7, 11) is 1.70. The van der Waals surface area contributed by atoms with Gasteiger partial charge in [-0.2, -0.15) is 0 Å². The Morgan fingerprint density at radius 1 is 1.05 bits per heavy atom. The second kappa shape index (κ2) is 6.74. The summed E-state index contributed by atoms with van der Waals surface area (Å²) in [6.45, 7) is 6.30. The fourth-order valence-electron chi connectivity index (χ4n) is 2.60. The van der Waals surface area contributed by atoms with Crippen LogP contribution in [0.2, 0.25) is 0 Å². The highest BCUT2D eigenvalue weighted by atomic mass is 16.5. The minimum absolute atomic E-state index is 0.0287. The van der Waals surface area contributed by atoms with Crippen molar-refractivity contribution in [3.8, 4) is 5.75 Å². The van der Waals surface area contributed by atoms with Crippen LogP contribution in [0.1, 0.15) is 33.9 Å². The zero-order valence-corrected chi connectivity index (χ0v) is 13.2. The molecule has 1 unspecified atom stereocenters. The van der Waals surface area contributed by atoms with E-state index in [0.29, 0.717) is 0 Å². The van der Waals surface area contributed by atoms with E-state index in [9.17, 15) is 0 Å². The Hall–Kier alpha value is -1.84. The number of ether oxygens (including phenoxy) is 1. The molecule has 1 atom stereocenters. The van der Waals surface area contributed by atoms with E-state index < -0.39 is 0 Å². The van der Waals surface area contributed by atoms with Gasteiger partial charge in [-0.15, -0.1) is 0 Å². The third kappa shape index (κ3) is 3.63. The first kappa shape index (κ1) is 15.5. The van der Waals surface area contributed by atoms with Crippen LogP contribution in [0.4, 0.5) is 0 Å². The molecule has 0 radical (unpaired) electrons. The van der Waals surface area contributed by atoms with Gasteiger partial charge in [0.05, 0.1) is 13.2 Å². The van der Waals surface area contributed by atoms with Crippen molar-refractivity contribution in [2.45, 2.75) is 33.2 Å². The number of benzene rings is 2. The van der Waals surface area contributed by atoms with Gasteiger partial charge in [-0.05, 0) is 49.9 Å². The average Bonchev–Trinajstić information content (AvgIpc) is 2.48. The number of aryl methyl sites for hydroxylation is 3. The van der Waals surface area contributed by atoms with Crippen molar-refractivity contribution in [2.24, 2.45) is 5.84 Å². The molecule has 0 aromatic heterocycles. The molecule has 0 amide bonds. The number of rotatable bonds is 5. The van der Waals surface area contributed by atoms with Crippen molar-refractivity contribution >= 4 is 0 Å². The van der Waals surface area contributed by atoms with E-state index in [2.05, 4.69) is 56.5 Å². The molecule has 3 nitrogen and oxygen atoms in total. The average molecular weight is 284 g/mol. The third-order valence-corrected chi connectivity index (χ3v) is 3.89. The summed E-state index contributed by atoms with van der Waals surface area (Å²) in [5.74, 6) is 6.67. The first-order chi connectivity index (χ1) is 10.0. The molecule has 3 heteroatoms. The van der Waals surface area contributed by atoms with E-state index in [-0.39, 0.29) is 6.04 Å². The van der Waals surface area contributed by atoms with E-state index in [4.69, 9.17) is 10.6 Å². The Morgan fingerprint density at radius 3 is 2.38 bits per heavy atom. The van der Waals surface area contributed by atoms with E-state index in [1.807, 2.05) is 6.07 Å². The summed E-state index contributed by atoms with van der Waals surface area (Å²) in [5, 5.41) is 0. The number of hydrogen-bond donors (Lipinski definition) is 2. The van der Waals surface area contributed by atoms with Gasteiger partial charge < -0.3 is 4.74 Å². The molecule has 0 saturated carbocycles. The Balaban J connectivity index is 2.34. The van der Waals surface area contributed by atoms with Crippen LogP contribution < -0.4 is 16.0 Å². The fraction of sp³-hybridized carbons (Fsp3) is 0.333. The Labute approximate surface area is 127 Å². The molecule has 112 valence electrons. The maximum atomic E-state index is 5.80. The molecule has 0 heterocycles. The lowest BCUT2D eigenvalue weighted by Gasteiger charge is -2.21. The highest BCUT2D eigenvalue weighted by Gasteiger charge is 2.16. The van der Waals surface area contributed by atoms with Gasteiger partial charge in [0.2, 0.25) is 0 Å². The Kier molecular flexibility index (Phi) is 4.99. The fourth-order valence-corrected chi connectivity index (χ4v) is 2.60. The van der Waals surface area contributed by atoms with E-state index in [1.54, 1.807) is 7.11 Å². The molecular formula is C18H24N2O. The van der Waals surface area contributed by atoms with Crippen molar-refractivity contribution in [3.05, 3.63) is 64.2 Å². The predicted molar refractivity (Wildman–Crippen MR) is 87.4 cm³/mol. The molecule has 0 aliphatic carbocycles. The molecule has 3 N–H and O–H groups in total. The Morgan fingerprint density at radius 2 is 1.71 bits per heavy atom. The molecule has 0 saturated heterocycles. The molecule has 0 fully saturated rings. The Bertz CT molecular complexity index is 623. The SMILES string of the molecule is COc1cc(C)ccc1C(Cc1cc(C)ccc1C)NN. The first-order valence-corrected chi connectivity index (χ1v) is 7.22. The van der Waals surface area contributed by atoms with E-state index in [1.165, 1.54) is 22.3 Å². The van der Waals surface area contributed by atoms with Crippen molar-refractivity contribution in [3.63, 3.8) is 0 Å². The number of methoxy groups -OCH3 is 1. The lowest BCUT2D eigenvalue weighted by Crippen LogP contribution is -2.30. The molecule has 2 aromatic carbocycles. The molecule has 0 spiro atoms. The predicted octanol–water partition coefficient (Wildman–Crippen LogP) is 3.37. The summed E-state index contributed by atoms with van der Waals surface area (Å²) in [6, 6.07) is 12.8. The van der Waals surface area contributed by atoms with Crippen LogP contribution in [0.3, 0.4) is 0 Å². The smallest absolute Gasteiger partial charge is 0.123 e. The lowest BCUT2D eigenvalue weighted by molar-refractivity contribution is 0.398. The lowest BCUT2D eigenvalue weighted by atomic mass is 9.94. The molecule has 0 aliphatic rings. The molecule has 2 rings (SSSR count). The zero-order valence-electron chi connectivity index (χ0n) is 13.2. The van der Waals surface area contributed by atoms with Crippen LogP contribution in [-0.4, -0.2) is 7.11 Å². The van der Waals surface area contributed by atoms with Crippen LogP contribution >= 0.6 is 0 Å². The largest absolute Gasteiger partial charge is 0.496 e. The third-order valence-electron chi connectivity index (χ3n) is 3.89. The van der Waals surface area contributed by atoms with Crippen LogP contribution in [-0.2, 0) is 6.42 Å². The monoisotopic (exact) mass is 284 g/mol. The first-order valence-electron chi connectivity index (χ1n) is 7.22. The zero-order chi connectivity index (χ0) is 15.4. The maximum Gasteiger partial charge on any atom is 0.123 e. The minimum Gasteiger partial charge on any atom is -0.496 e. The van der Waals surface area contributed by atoms with Crippen molar-refractivity contribution < 1.29 is 4.74 Å². The summed E-state index contributed by atoms with van der Waals surface area (Å²) < 4.78 is 5.51. The molecule has 0 aliphatic heterocycles. The molecule has 2 aromatic rings. The molecular weight excluding hydrogens is 260 g/mol. The van der Waals surface area contributed by atoms with Gasteiger partial charge >= 0.3 is 0 Å². The van der Waals surface area contributed by atoms with Gasteiger partial charge in [0, 0.05) is 5.56 Å². The normalized spacial score (nSPS) is 12.2. The van der Waals surface area contributed by atoms with Crippen LogP contribution in [0.5, 0.6) is 5.75 Å². The topological polar surface area (TPSA) is 47.3 Å². The number of nitrogens with one attached hydrogen (secondary N) is 1. The summed E-state index contributed by atoms with van der Waals surface area (Å²) in [4.78, 5) is 0. The number of nitrogens with two attached hydrogens (primary N) is 1. The van der Waals surface area contributed by atoms with Gasteiger partial charge in [-0.3, -0.25) is 11.3 Å².